The van der Waals surface area contributed by atoms with Crippen LogP contribution in [-0.4, -0.2) is 45.4 Å². The zero-order valence-electron chi connectivity index (χ0n) is 18.6. The Kier molecular flexibility index (Phi) is 6.90. The Bertz CT molecular complexity index is 1390. The highest BCUT2D eigenvalue weighted by Gasteiger charge is 2.31. The highest BCUT2D eigenvalue weighted by atomic mass is 32.2. The molecule has 3 aromatic rings. The number of sulfonamides is 1. The van der Waals surface area contributed by atoms with Crippen LogP contribution in [0.5, 0.6) is 0 Å². The van der Waals surface area contributed by atoms with E-state index >= 15 is 0 Å². The quantitative estimate of drug-likeness (QED) is 0.489. The maximum atomic E-state index is 13.5. The molecule has 0 aromatic heterocycles. The van der Waals surface area contributed by atoms with Crippen LogP contribution in [0.15, 0.2) is 71.6 Å². The first-order valence-electron chi connectivity index (χ1n) is 10.7. The van der Waals surface area contributed by atoms with E-state index in [1.807, 2.05) is 0 Å². The van der Waals surface area contributed by atoms with Crippen LogP contribution < -0.4 is 9.62 Å². The molecule has 190 valence electrons. The number of nitrogens with one attached hydrogen (secondary N) is 1. The van der Waals surface area contributed by atoms with Gasteiger partial charge in [0.2, 0.25) is 0 Å². The van der Waals surface area contributed by atoms with Crippen LogP contribution in [0.25, 0.3) is 0 Å². The summed E-state index contributed by atoms with van der Waals surface area (Å²) in [5.74, 6) is -2.88. The molecule has 0 radical (unpaired) electrons. The minimum absolute atomic E-state index is 0.0492. The average Bonchev–Trinajstić information content (AvgIpc) is 2.85. The van der Waals surface area contributed by atoms with Gasteiger partial charge in [-0.3, -0.25) is 9.52 Å². The Morgan fingerprint density at radius 3 is 2.19 bits per heavy atom. The van der Waals surface area contributed by atoms with Crippen molar-refractivity contribution in [3.63, 3.8) is 0 Å². The molecule has 0 spiro atoms. The highest BCUT2D eigenvalue weighted by molar-refractivity contribution is 7.92. The monoisotopic (exact) mass is 525 g/mol. The number of alkyl halides is 3. The van der Waals surface area contributed by atoms with E-state index in [1.54, 1.807) is 11.0 Å². The van der Waals surface area contributed by atoms with Crippen molar-refractivity contribution in [3.8, 4) is 0 Å². The van der Waals surface area contributed by atoms with E-state index in [0.717, 1.165) is 18.2 Å². The number of hydrogen-bond acceptors (Lipinski definition) is 4. The lowest BCUT2D eigenvalue weighted by molar-refractivity contribution is -0.137. The van der Waals surface area contributed by atoms with Crippen LogP contribution in [0.4, 0.5) is 33.3 Å². The molecule has 0 atom stereocenters. The smallest absolute Gasteiger partial charge is 0.368 e. The predicted octanol–water partition coefficient (Wildman–Crippen LogP) is 4.75. The zero-order valence-corrected chi connectivity index (χ0v) is 19.4. The van der Waals surface area contributed by atoms with E-state index in [-0.39, 0.29) is 30.2 Å². The second-order valence-electron chi connectivity index (χ2n) is 8.09. The molecule has 12 heteroatoms. The molecule has 1 saturated heterocycles. The second kappa shape index (κ2) is 9.76. The first-order chi connectivity index (χ1) is 16.9. The van der Waals surface area contributed by atoms with E-state index in [4.69, 9.17) is 0 Å². The van der Waals surface area contributed by atoms with Crippen LogP contribution in [0.3, 0.4) is 0 Å². The number of carbonyl (C=O) groups is 1. The zero-order chi connectivity index (χ0) is 26.1. The summed E-state index contributed by atoms with van der Waals surface area (Å²) < 4.78 is 92.9. The van der Waals surface area contributed by atoms with Crippen LogP contribution >= 0.6 is 0 Å². The number of hydrogen-bond donors (Lipinski definition) is 1. The largest absolute Gasteiger partial charge is 0.416 e. The van der Waals surface area contributed by atoms with E-state index in [1.165, 1.54) is 35.2 Å². The molecular formula is C24H20F5N3O3S. The predicted molar refractivity (Wildman–Crippen MR) is 123 cm³/mol. The van der Waals surface area contributed by atoms with Crippen molar-refractivity contribution in [1.82, 2.24) is 4.90 Å². The molecule has 1 aliphatic heterocycles. The molecule has 1 heterocycles. The third-order valence-corrected chi connectivity index (χ3v) is 7.05. The molecule has 1 fully saturated rings. The molecule has 0 saturated carbocycles. The fraction of sp³-hybridized carbons (Fsp3) is 0.208. The van der Waals surface area contributed by atoms with Crippen molar-refractivity contribution >= 4 is 27.3 Å². The van der Waals surface area contributed by atoms with Crippen LogP contribution in [0.1, 0.15) is 15.9 Å². The van der Waals surface area contributed by atoms with Gasteiger partial charge in [-0.05, 0) is 54.6 Å². The Morgan fingerprint density at radius 1 is 0.833 bits per heavy atom. The van der Waals surface area contributed by atoms with E-state index in [0.29, 0.717) is 30.9 Å². The van der Waals surface area contributed by atoms with Crippen molar-refractivity contribution in [3.05, 3.63) is 89.5 Å². The number of halogens is 5. The summed E-state index contributed by atoms with van der Waals surface area (Å²) in [6.07, 6.45) is -4.45. The Labute approximate surface area is 204 Å². The molecule has 4 rings (SSSR count). The van der Waals surface area contributed by atoms with Crippen molar-refractivity contribution in [2.75, 3.05) is 35.8 Å². The molecule has 0 unspecified atom stereocenters. The summed E-state index contributed by atoms with van der Waals surface area (Å²) in [7, 11) is -4.24. The van der Waals surface area contributed by atoms with Gasteiger partial charge in [-0.2, -0.15) is 13.2 Å². The first-order valence-corrected chi connectivity index (χ1v) is 12.2. The number of anilines is 2. The lowest BCUT2D eigenvalue weighted by Crippen LogP contribution is -2.48. The highest BCUT2D eigenvalue weighted by Crippen LogP contribution is 2.32. The van der Waals surface area contributed by atoms with Gasteiger partial charge in [-0.1, -0.05) is 12.1 Å². The molecule has 1 N–H and O–H groups in total. The fourth-order valence-electron chi connectivity index (χ4n) is 3.80. The molecular weight excluding hydrogens is 505 g/mol. The molecule has 3 aromatic carbocycles. The number of carbonyl (C=O) groups excluding carboxylic acids is 1. The number of piperazine rings is 1. The van der Waals surface area contributed by atoms with Gasteiger partial charge in [-0.15, -0.1) is 0 Å². The van der Waals surface area contributed by atoms with Gasteiger partial charge < -0.3 is 9.80 Å². The Morgan fingerprint density at radius 2 is 1.53 bits per heavy atom. The van der Waals surface area contributed by atoms with Crippen molar-refractivity contribution in [2.24, 2.45) is 0 Å². The number of amides is 1. The van der Waals surface area contributed by atoms with Crippen molar-refractivity contribution in [2.45, 2.75) is 11.1 Å². The standard InChI is InChI=1S/C24H20F5N3O3S/c25-21-8-7-20(15-22(21)26)36(34,35)30-18-5-1-3-16(13-18)23(33)32-11-9-31(10-12-32)19-6-2-4-17(14-19)24(27,28)29/h1-8,13-15,30H,9-12H2. The Balaban J connectivity index is 1.43. The SMILES string of the molecule is O=C(c1cccc(NS(=O)(=O)c2ccc(F)c(F)c2)c1)N1CCN(c2cccc(C(F)(F)F)c2)CC1. The Hall–Kier alpha value is -3.67. The normalized spacial score (nSPS) is 14.6. The van der Waals surface area contributed by atoms with Gasteiger partial charge >= 0.3 is 6.18 Å². The van der Waals surface area contributed by atoms with Gasteiger partial charge in [-0.25, -0.2) is 17.2 Å². The minimum atomic E-state index is -4.45. The maximum absolute atomic E-state index is 13.5. The van der Waals surface area contributed by atoms with E-state index in [2.05, 4.69) is 4.72 Å². The third-order valence-electron chi connectivity index (χ3n) is 5.67. The molecule has 1 aliphatic rings. The van der Waals surface area contributed by atoms with Crippen molar-refractivity contribution in [1.29, 1.82) is 0 Å². The van der Waals surface area contributed by atoms with Crippen LogP contribution in [-0.2, 0) is 16.2 Å². The lowest BCUT2D eigenvalue weighted by atomic mass is 10.1. The maximum Gasteiger partial charge on any atom is 0.416 e. The number of nitrogens with zero attached hydrogens (tertiary/aromatic N) is 2. The molecule has 6 nitrogen and oxygen atoms in total. The summed E-state index contributed by atoms with van der Waals surface area (Å²) in [6.45, 7) is 1.13. The summed E-state index contributed by atoms with van der Waals surface area (Å²) in [6, 6.07) is 12.8. The summed E-state index contributed by atoms with van der Waals surface area (Å²) in [5, 5.41) is 0. The fourth-order valence-corrected chi connectivity index (χ4v) is 4.86. The van der Waals surface area contributed by atoms with Crippen LogP contribution in [0.2, 0.25) is 0 Å². The first kappa shape index (κ1) is 25.4. The second-order valence-corrected chi connectivity index (χ2v) is 9.77. The van der Waals surface area contributed by atoms with Gasteiger partial charge in [0, 0.05) is 43.1 Å². The minimum Gasteiger partial charge on any atom is -0.368 e. The van der Waals surface area contributed by atoms with Crippen LogP contribution in [0, 0.1) is 11.6 Å². The summed E-state index contributed by atoms with van der Waals surface area (Å²) >= 11 is 0. The molecule has 0 bridgehead atoms. The molecule has 0 aliphatic carbocycles. The van der Waals surface area contributed by atoms with Crippen molar-refractivity contribution < 1.29 is 35.2 Å². The van der Waals surface area contributed by atoms with E-state index in [9.17, 15) is 35.2 Å². The lowest BCUT2D eigenvalue weighted by Gasteiger charge is -2.36. The molecule has 36 heavy (non-hydrogen) atoms. The number of benzene rings is 3. The average molecular weight is 525 g/mol. The topological polar surface area (TPSA) is 69.7 Å². The van der Waals surface area contributed by atoms with Gasteiger partial charge in [0.25, 0.3) is 15.9 Å². The van der Waals surface area contributed by atoms with Gasteiger partial charge in [0.15, 0.2) is 11.6 Å². The molecule has 1 amide bonds. The van der Waals surface area contributed by atoms with Gasteiger partial charge in [0.1, 0.15) is 0 Å². The van der Waals surface area contributed by atoms with Gasteiger partial charge in [0.05, 0.1) is 10.5 Å². The number of rotatable bonds is 5. The third kappa shape index (κ3) is 5.59. The van der Waals surface area contributed by atoms with E-state index < -0.39 is 38.3 Å². The summed E-state index contributed by atoms with van der Waals surface area (Å²) in [4.78, 5) is 15.8. The summed E-state index contributed by atoms with van der Waals surface area (Å²) in [5.41, 5.74) is -0.104.